The summed E-state index contributed by atoms with van der Waals surface area (Å²) in [6, 6.07) is 0.366. The molecule has 1 aromatic rings. The zero-order valence-electron chi connectivity index (χ0n) is 9.97. The average molecular weight is 219 g/mol. The number of hydrogen-bond acceptors (Lipinski definition) is 2. The topological polar surface area (TPSA) is 43.8 Å². The molecule has 1 heterocycles. The van der Waals surface area contributed by atoms with E-state index in [4.69, 9.17) is 5.73 Å². The molecule has 16 heavy (non-hydrogen) atoms. The van der Waals surface area contributed by atoms with Crippen molar-refractivity contribution < 1.29 is 0 Å². The summed E-state index contributed by atoms with van der Waals surface area (Å²) in [5, 5.41) is 4.30. The second-order valence-electron chi connectivity index (χ2n) is 5.41. The molecule has 2 aliphatic carbocycles. The van der Waals surface area contributed by atoms with E-state index in [1.807, 2.05) is 10.9 Å². The summed E-state index contributed by atoms with van der Waals surface area (Å²) in [6.07, 6.45) is 9.41. The normalized spacial score (nSPS) is 33.8. The van der Waals surface area contributed by atoms with Gasteiger partial charge in [0.15, 0.2) is 0 Å². The van der Waals surface area contributed by atoms with Gasteiger partial charge in [0.2, 0.25) is 0 Å². The first-order valence-corrected chi connectivity index (χ1v) is 6.56. The second-order valence-corrected chi connectivity index (χ2v) is 5.41. The smallest absolute Gasteiger partial charge is 0.0522 e. The van der Waals surface area contributed by atoms with E-state index in [9.17, 15) is 0 Å². The molecule has 88 valence electrons. The van der Waals surface area contributed by atoms with Gasteiger partial charge in [-0.2, -0.15) is 5.10 Å². The van der Waals surface area contributed by atoms with Gasteiger partial charge in [-0.05, 0) is 49.5 Å². The molecule has 2 fully saturated rings. The summed E-state index contributed by atoms with van der Waals surface area (Å²) >= 11 is 0. The minimum atomic E-state index is 0.366. The van der Waals surface area contributed by atoms with Gasteiger partial charge in [0.1, 0.15) is 0 Å². The van der Waals surface area contributed by atoms with Crippen LogP contribution in [-0.4, -0.2) is 15.8 Å². The highest BCUT2D eigenvalue weighted by molar-refractivity contribution is 5.12. The van der Waals surface area contributed by atoms with Crippen molar-refractivity contribution in [1.82, 2.24) is 9.78 Å². The van der Waals surface area contributed by atoms with Crippen LogP contribution in [-0.2, 0) is 13.0 Å². The van der Waals surface area contributed by atoms with Crippen LogP contribution in [0, 0.1) is 17.8 Å². The first-order valence-electron chi connectivity index (χ1n) is 6.56. The zero-order chi connectivity index (χ0) is 11.1. The summed E-state index contributed by atoms with van der Waals surface area (Å²) in [5.74, 6) is 2.76. The molecule has 0 spiro atoms. The molecule has 3 heteroatoms. The van der Waals surface area contributed by atoms with Crippen LogP contribution in [0.15, 0.2) is 12.4 Å². The molecular weight excluding hydrogens is 198 g/mol. The molecule has 1 aromatic heterocycles. The molecule has 0 bridgehead atoms. The molecule has 2 aliphatic rings. The Morgan fingerprint density at radius 1 is 1.50 bits per heavy atom. The van der Waals surface area contributed by atoms with Crippen LogP contribution in [0.3, 0.4) is 0 Å². The molecule has 0 saturated heterocycles. The number of nitrogens with zero attached hydrogens (tertiary/aromatic N) is 2. The van der Waals surface area contributed by atoms with Crippen molar-refractivity contribution in [3.63, 3.8) is 0 Å². The number of nitrogens with two attached hydrogens (primary N) is 1. The van der Waals surface area contributed by atoms with E-state index in [1.165, 1.54) is 24.8 Å². The minimum absolute atomic E-state index is 0.366. The van der Waals surface area contributed by atoms with Gasteiger partial charge < -0.3 is 5.73 Å². The van der Waals surface area contributed by atoms with Gasteiger partial charge in [-0.3, -0.25) is 4.68 Å². The van der Waals surface area contributed by atoms with Gasteiger partial charge in [-0.15, -0.1) is 0 Å². The minimum Gasteiger partial charge on any atom is -0.327 e. The van der Waals surface area contributed by atoms with E-state index in [0.29, 0.717) is 6.04 Å². The number of fused-ring (bicyclic) bond motifs is 1. The SMILES string of the molecule is CCn1cc(CC(N)C2C3CCCC32)cn1. The molecule has 3 unspecified atom stereocenters. The van der Waals surface area contributed by atoms with Crippen molar-refractivity contribution in [2.75, 3.05) is 0 Å². The lowest BCUT2D eigenvalue weighted by molar-refractivity contribution is 0.484. The largest absolute Gasteiger partial charge is 0.327 e. The summed E-state index contributed by atoms with van der Waals surface area (Å²) in [6.45, 7) is 3.06. The summed E-state index contributed by atoms with van der Waals surface area (Å²) in [5.41, 5.74) is 7.62. The van der Waals surface area contributed by atoms with Crippen molar-refractivity contribution in [3.8, 4) is 0 Å². The number of hydrogen-bond donors (Lipinski definition) is 1. The predicted octanol–water partition coefficient (Wildman–Crippen LogP) is 1.82. The van der Waals surface area contributed by atoms with E-state index in [0.717, 1.165) is 30.7 Å². The standard InChI is InChI=1S/C13H21N3/c1-2-16-8-9(7-15-16)6-12(14)13-10-4-3-5-11(10)13/h7-8,10-13H,2-6,14H2,1H3. The molecule has 2 N–H and O–H groups in total. The highest BCUT2D eigenvalue weighted by atomic mass is 15.3. The maximum atomic E-state index is 6.31. The van der Waals surface area contributed by atoms with Crippen molar-refractivity contribution in [2.45, 2.75) is 45.2 Å². The van der Waals surface area contributed by atoms with Crippen LogP contribution in [0.5, 0.6) is 0 Å². The Morgan fingerprint density at radius 2 is 2.25 bits per heavy atom. The quantitative estimate of drug-likeness (QED) is 0.839. The number of aryl methyl sites for hydroxylation is 1. The van der Waals surface area contributed by atoms with Gasteiger partial charge in [-0.1, -0.05) is 6.42 Å². The Morgan fingerprint density at radius 3 is 2.88 bits per heavy atom. The van der Waals surface area contributed by atoms with Gasteiger partial charge in [-0.25, -0.2) is 0 Å². The predicted molar refractivity (Wildman–Crippen MR) is 63.9 cm³/mol. The molecule has 3 rings (SSSR count). The molecule has 3 atom stereocenters. The average Bonchev–Trinajstić information content (AvgIpc) is 2.72. The van der Waals surface area contributed by atoms with Crippen LogP contribution < -0.4 is 5.73 Å². The van der Waals surface area contributed by atoms with Crippen LogP contribution >= 0.6 is 0 Å². The van der Waals surface area contributed by atoms with Crippen LogP contribution in [0.2, 0.25) is 0 Å². The fourth-order valence-corrected chi connectivity index (χ4v) is 3.60. The Hall–Kier alpha value is -0.830. The fraction of sp³-hybridized carbons (Fsp3) is 0.769. The van der Waals surface area contributed by atoms with E-state index in [-0.39, 0.29) is 0 Å². The molecule has 0 radical (unpaired) electrons. The van der Waals surface area contributed by atoms with Crippen molar-refractivity contribution in [1.29, 1.82) is 0 Å². The van der Waals surface area contributed by atoms with E-state index >= 15 is 0 Å². The van der Waals surface area contributed by atoms with Gasteiger partial charge in [0.25, 0.3) is 0 Å². The Balaban J connectivity index is 1.58. The lowest BCUT2D eigenvalue weighted by Gasteiger charge is -2.12. The Labute approximate surface area is 97.0 Å². The van der Waals surface area contributed by atoms with Crippen molar-refractivity contribution in [2.24, 2.45) is 23.5 Å². The highest BCUT2D eigenvalue weighted by Gasteiger charge is 2.54. The summed E-state index contributed by atoms with van der Waals surface area (Å²) in [4.78, 5) is 0. The second kappa shape index (κ2) is 3.88. The van der Waals surface area contributed by atoms with Crippen LogP contribution in [0.25, 0.3) is 0 Å². The fourth-order valence-electron chi connectivity index (χ4n) is 3.60. The molecule has 0 aliphatic heterocycles. The maximum absolute atomic E-state index is 6.31. The lowest BCUT2D eigenvalue weighted by Crippen LogP contribution is -2.27. The van der Waals surface area contributed by atoms with Crippen molar-refractivity contribution in [3.05, 3.63) is 18.0 Å². The van der Waals surface area contributed by atoms with E-state index in [2.05, 4.69) is 18.2 Å². The van der Waals surface area contributed by atoms with Gasteiger partial charge >= 0.3 is 0 Å². The molecule has 2 saturated carbocycles. The third-order valence-corrected chi connectivity index (χ3v) is 4.45. The maximum Gasteiger partial charge on any atom is 0.0522 e. The van der Waals surface area contributed by atoms with Crippen LogP contribution in [0.4, 0.5) is 0 Å². The first-order chi connectivity index (χ1) is 7.79. The van der Waals surface area contributed by atoms with Crippen LogP contribution in [0.1, 0.15) is 31.7 Å². The van der Waals surface area contributed by atoms with Crippen molar-refractivity contribution >= 4 is 0 Å². The molecule has 0 amide bonds. The number of rotatable bonds is 4. The Bertz CT molecular complexity index is 361. The molecular formula is C13H21N3. The lowest BCUT2D eigenvalue weighted by atomic mass is 10.00. The molecule has 0 aromatic carbocycles. The van der Waals surface area contributed by atoms with Gasteiger partial charge in [0, 0.05) is 18.8 Å². The number of aromatic nitrogens is 2. The summed E-state index contributed by atoms with van der Waals surface area (Å²) < 4.78 is 1.98. The Kier molecular flexibility index (Phi) is 2.51. The highest BCUT2D eigenvalue weighted by Crippen LogP contribution is 2.58. The summed E-state index contributed by atoms with van der Waals surface area (Å²) in [7, 11) is 0. The zero-order valence-corrected chi connectivity index (χ0v) is 9.97. The third-order valence-electron chi connectivity index (χ3n) is 4.45. The third kappa shape index (κ3) is 1.67. The van der Waals surface area contributed by atoms with E-state index < -0.39 is 0 Å². The van der Waals surface area contributed by atoms with E-state index in [1.54, 1.807) is 0 Å². The monoisotopic (exact) mass is 219 g/mol. The van der Waals surface area contributed by atoms with Gasteiger partial charge in [0.05, 0.1) is 6.20 Å². The molecule has 3 nitrogen and oxygen atoms in total. The first kappa shape index (κ1) is 10.3.